The Kier molecular flexibility index (Phi) is 2.99. The lowest BCUT2D eigenvalue weighted by molar-refractivity contribution is -0.137. The van der Waals surface area contributed by atoms with Gasteiger partial charge in [0.25, 0.3) is 0 Å². The minimum atomic E-state index is -4.33. The fourth-order valence-electron chi connectivity index (χ4n) is 1.26. The van der Waals surface area contributed by atoms with E-state index in [9.17, 15) is 13.2 Å². The van der Waals surface area contributed by atoms with Crippen molar-refractivity contribution >= 4 is 0 Å². The molecule has 0 aliphatic rings. The van der Waals surface area contributed by atoms with E-state index in [-0.39, 0.29) is 0 Å². The molecule has 2 rings (SSSR count). The van der Waals surface area contributed by atoms with Gasteiger partial charge in [-0.2, -0.15) is 13.2 Å². The summed E-state index contributed by atoms with van der Waals surface area (Å²) >= 11 is 0. The van der Waals surface area contributed by atoms with Crippen molar-refractivity contribution in [1.29, 1.82) is 0 Å². The monoisotopic (exact) mass is 239 g/mol. The van der Waals surface area contributed by atoms with E-state index < -0.39 is 11.7 Å². The van der Waals surface area contributed by atoms with E-state index in [0.717, 1.165) is 12.1 Å². The third kappa shape index (κ3) is 2.96. The number of pyridine rings is 1. The van der Waals surface area contributed by atoms with Gasteiger partial charge in [0.2, 0.25) is 0 Å². The second-order valence-electron chi connectivity index (χ2n) is 3.31. The van der Waals surface area contributed by atoms with Gasteiger partial charge in [0.1, 0.15) is 11.5 Å². The van der Waals surface area contributed by atoms with Crippen molar-refractivity contribution in [2.45, 2.75) is 6.18 Å². The zero-order chi connectivity index (χ0) is 12.3. The standard InChI is InChI=1S/C12H8F3NO/c13-12(14,15)9-3-5-10(6-4-9)17-11-2-1-7-16-8-11/h1-8H. The number of hydrogen-bond acceptors (Lipinski definition) is 2. The van der Waals surface area contributed by atoms with Gasteiger partial charge in [-0.05, 0) is 36.4 Å². The van der Waals surface area contributed by atoms with Crippen LogP contribution in [0, 0.1) is 0 Å². The van der Waals surface area contributed by atoms with Crippen LogP contribution in [-0.2, 0) is 6.18 Å². The van der Waals surface area contributed by atoms with Crippen molar-refractivity contribution < 1.29 is 17.9 Å². The van der Waals surface area contributed by atoms with Crippen LogP contribution in [-0.4, -0.2) is 4.98 Å². The van der Waals surface area contributed by atoms with Crippen molar-refractivity contribution in [3.8, 4) is 11.5 Å². The summed E-state index contributed by atoms with van der Waals surface area (Å²) in [5.41, 5.74) is -0.698. The van der Waals surface area contributed by atoms with Crippen LogP contribution in [0.2, 0.25) is 0 Å². The predicted molar refractivity (Wildman–Crippen MR) is 55.8 cm³/mol. The first-order valence-corrected chi connectivity index (χ1v) is 4.81. The summed E-state index contributed by atoms with van der Waals surface area (Å²) < 4.78 is 42.2. The number of rotatable bonds is 2. The first-order chi connectivity index (χ1) is 8.05. The molecule has 0 amide bonds. The van der Waals surface area contributed by atoms with Gasteiger partial charge in [-0.25, -0.2) is 0 Å². The summed E-state index contributed by atoms with van der Waals surface area (Å²) in [5.74, 6) is 0.818. The maximum absolute atomic E-state index is 12.3. The number of nitrogens with zero attached hydrogens (tertiary/aromatic N) is 1. The van der Waals surface area contributed by atoms with Crippen LogP contribution in [0.15, 0.2) is 48.8 Å². The molecule has 88 valence electrons. The summed E-state index contributed by atoms with van der Waals surface area (Å²) in [7, 11) is 0. The molecule has 0 bridgehead atoms. The zero-order valence-corrected chi connectivity index (χ0v) is 8.61. The molecule has 0 saturated carbocycles. The van der Waals surface area contributed by atoms with E-state index in [0.29, 0.717) is 11.5 Å². The van der Waals surface area contributed by atoms with Crippen LogP contribution in [0.1, 0.15) is 5.56 Å². The van der Waals surface area contributed by atoms with E-state index in [2.05, 4.69) is 4.98 Å². The van der Waals surface area contributed by atoms with Crippen molar-refractivity contribution in [3.05, 3.63) is 54.4 Å². The molecular formula is C12H8F3NO. The summed E-state index contributed by atoms with van der Waals surface area (Å²) in [4.78, 5) is 3.83. The third-order valence-electron chi connectivity index (χ3n) is 2.05. The molecular weight excluding hydrogens is 231 g/mol. The maximum atomic E-state index is 12.3. The van der Waals surface area contributed by atoms with Crippen molar-refractivity contribution in [1.82, 2.24) is 4.98 Å². The van der Waals surface area contributed by atoms with E-state index in [1.54, 1.807) is 18.3 Å². The maximum Gasteiger partial charge on any atom is 0.416 e. The minimum absolute atomic E-state index is 0.339. The fourth-order valence-corrected chi connectivity index (χ4v) is 1.26. The highest BCUT2D eigenvalue weighted by Crippen LogP contribution is 2.31. The lowest BCUT2D eigenvalue weighted by atomic mass is 10.2. The van der Waals surface area contributed by atoms with Crippen LogP contribution in [0.5, 0.6) is 11.5 Å². The molecule has 0 atom stereocenters. The highest BCUT2D eigenvalue weighted by molar-refractivity contribution is 5.32. The number of halogens is 3. The number of aromatic nitrogens is 1. The molecule has 0 unspecified atom stereocenters. The average Bonchev–Trinajstić information content (AvgIpc) is 2.30. The summed E-state index contributed by atoms with van der Waals surface area (Å²) in [6.45, 7) is 0. The molecule has 0 radical (unpaired) electrons. The first-order valence-electron chi connectivity index (χ1n) is 4.81. The molecule has 1 aromatic carbocycles. The van der Waals surface area contributed by atoms with Crippen molar-refractivity contribution in [2.24, 2.45) is 0 Å². The Labute approximate surface area is 95.7 Å². The van der Waals surface area contributed by atoms with E-state index in [4.69, 9.17) is 4.74 Å². The molecule has 0 saturated heterocycles. The molecule has 2 aromatic rings. The highest BCUT2D eigenvalue weighted by Gasteiger charge is 2.29. The molecule has 17 heavy (non-hydrogen) atoms. The van der Waals surface area contributed by atoms with Gasteiger partial charge in [-0.15, -0.1) is 0 Å². The second kappa shape index (κ2) is 4.45. The van der Waals surface area contributed by atoms with E-state index in [1.165, 1.54) is 18.3 Å². The third-order valence-corrected chi connectivity index (χ3v) is 2.05. The van der Waals surface area contributed by atoms with Gasteiger partial charge in [-0.1, -0.05) is 0 Å². The first kappa shape index (κ1) is 11.4. The van der Waals surface area contributed by atoms with Gasteiger partial charge in [0.15, 0.2) is 0 Å². The Hall–Kier alpha value is -2.04. The predicted octanol–water partition coefficient (Wildman–Crippen LogP) is 3.89. The SMILES string of the molecule is FC(F)(F)c1ccc(Oc2cccnc2)cc1. The lowest BCUT2D eigenvalue weighted by Gasteiger charge is -2.08. The largest absolute Gasteiger partial charge is 0.456 e. The Bertz CT molecular complexity index is 479. The van der Waals surface area contributed by atoms with Crippen molar-refractivity contribution in [2.75, 3.05) is 0 Å². The molecule has 0 spiro atoms. The van der Waals surface area contributed by atoms with Crippen LogP contribution in [0.3, 0.4) is 0 Å². The van der Waals surface area contributed by atoms with Crippen LogP contribution in [0.25, 0.3) is 0 Å². The zero-order valence-electron chi connectivity index (χ0n) is 8.61. The number of ether oxygens (including phenoxy) is 1. The number of alkyl halides is 3. The average molecular weight is 239 g/mol. The van der Waals surface area contributed by atoms with Gasteiger partial charge < -0.3 is 4.74 Å². The number of benzene rings is 1. The fraction of sp³-hybridized carbons (Fsp3) is 0.0833. The van der Waals surface area contributed by atoms with Gasteiger partial charge in [-0.3, -0.25) is 4.98 Å². The summed E-state index contributed by atoms with van der Waals surface area (Å²) in [5, 5.41) is 0. The normalized spacial score (nSPS) is 11.2. The topological polar surface area (TPSA) is 22.1 Å². The van der Waals surface area contributed by atoms with Crippen LogP contribution < -0.4 is 4.74 Å². The highest BCUT2D eigenvalue weighted by atomic mass is 19.4. The Morgan fingerprint density at radius 2 is 1.65 bits per heavy atom. The molecule has 1 heterocycles. The molecule has 5 heteroatoms. The van der Waals surface area contributed by atoms with Crippen molar-refractivity contribution in [3.63, 3.8) is 0 Å². The Morgan fingerprint density at radius 3 is 2.18 bits per heavy atom. The Morgan fingerprint density at radius 1 is 0.941 bits per heavy atom. The van der Waals surface area contributed by atoms with Crippen LogP contribution >= 0.6 is 0 Å². The molecule has 0 fully saturated rings. The summed E-state index contributed by atoms with van der Waals surface area (Å²) in [6.07, 6.45) is -1.26. The second-order valence-corrected chi connectivity index (χ2v) is 3.31. The lowest BCUT2D eigenvalue weighted by Crippen LogP contribution is -2.03. The molecule has 0 aliphatic carbocycles. The Balaban J connectivity index is 2.14. The van der Waals surface area contributed by atoms with E-state index >= 15 is 0 Å². The molecule has 2 nitrogen and oxygen atoms in total. The quantitative estimate of drug-likeness (QED) is 0.793. The van der Waals surface area contributed by atoms with Crippen LogP contribution in [0.4, 0.5) is 13.2 Å². The molecule has 0 N–H and O–H groups in total. The van der Waals surface area contributed by atoms with Gasteiger partial charge in [0.05, 0.1) is 11.8 Å². The summed E-state index contributed by atoms with van der Waals surface area (Å²) in [6, 6.07) is 7.85. The smallest absolute Gasteiger partial charge is 0.416 e. The molecule has 0 aliphatic heterocycles. The van der Waals surface area contributed by atoms with E-state index in [1.807, 2.05) is 0 Å². The number of hydrogen-bond donors (Lipinski definition) is 0. The molecule has 1 aromatic heterocycles. The van der Waals surface area contributed by atoms with Gasteiger partial charge >= 0.3 is 6.18 Å². The van der Waals surface area contributed by atoms with Gasteiger partial charge in [0, 0.05) is 6.20 Å². The minimum Gasteiger partial charge on any atom is -0.456 e.